The van der Waals surface area contributed by atoms with Crippen LogP contribution in [-0.4, -0.2) is 70.2 Å². The van der Waals surface area contributed by atoms with Gasteiger partial charge < -0.3 is 42.7 Å². The van der Waals surface area contributed by atoms with E-state index in [1.165, 1.54) is 24.3 Å². The lowest BCUT2D eigenvalue weighted by molar-refractivity contribution is -0.142. The summed E-state index contributed by atoms with van der Waals surface area (Å²) in [5.41, 5.74) is 12.8. The molecule has 2 aromatic rings. The molecular formula is C26H35N5O7. The molecule has 3 amide bonds. The van der Waals surface area contributed by atoms with E-state index in [-0.39, 0.29) is 30.8 Å². The van der Waals surface area contributed by atoms with Gasteiger partial charge in [-0.3, -0.25) is 14.4 Å². The molecular weight excluding hydrogens is 494 g/mol. The Bertz CT molecular complexity index is 1080. The lowest BCUT2D eigenvalue weighted by Crippen LogP contribution is -2.54. The second-order valence-corrected chi connectivity index (χ2v) is 8.87. The Hall–Kier alpha value is -4.16. The number of hydrogen-bond acceptors (Lipinski definition) is 8. The molecule has 0 aliphatic heterocycles. The van der Waals surface area contributed by atoms with Crippen LogP contribution in [0.15, 0.2) is 48.5 Å². The third-order valence-electron chi connectivity index (χ3n) is 5.74. The number of phenols is 2. The number of benzene rings is 2. The van der Waals surface area contributed by atoms with Gasteiger partial charge in [-0.15, -0.1) is 0 Å². The van der Waals surface area contributed by atoms with Crippen LogP contribution in [0.5, 0.6) is 11.5 Å². The summed E-state index contributed by atoms with van der Waals surface area (Å²) in [5, 5.41) is 35.7. The van der Waals surface area contributed by atoms with Crippen molar-refractivity contribution < 1.29 is 34.5 Å². The molecule has 2 rings (SSSR count). The molecule has 0 heterocycles. The highest BCUT2D eigenvalue weighted by atomic mass is 16.4. The fraction of sp³-hybridized carbons (Fsp3) is 0.385. The quantitative estimate of drug-likeness (QED) is 0.139. The maximum absolute atomic E-state index is 12.9. The smallest absolute Gasteiger partial charge is 0.326 e. The van der Waals surface area contributed by atoms with E-state index in [9.17, 15) is 34.5 Å². The summed E-state index contributed by atoms with van der Waals surface area (Å²) in [6.45, 7) is -0.0932. The van der Waals surface area contributed by atoms with Gasteiger partial charge in [0.15, 0.2) is 0 Å². The molecule has 0 unspecified atom stereocenters. The van der Waals surface area contributed by atoms with Crippen molar-refractivity contribution in [2.75, 3.05) is 13.1 Å². The first kappa shape index (κ1) is 30.1. The molecule has 0 bridgehead atoms. The van der Waals surface area contributed by atoms with Gasteiger partial charge in [0.1, 0.15) is 23.6 Å². The van der Waals surface area contributed by atoms with Crippen LogP contribution in [0.25, 0.3) is 0 Å². The summed E-state index contributed by atoms with van der Waals surface area (Å²) in [7, 11) is 0. The molecule has 0 spiro atoms. The first-order chi connectivity index (χ1) is 18.1. The standard InChI is InChI=1S/C26H35N5O7/c27-12-2-1-3-21(26(37)38)30-23(34)15-29-25(36)22(14-17-6-10-19(33)11-7-17)31-24(35)20(28)13-16-4-8-18(32)9-5-16/h4-11,20-22,32-33H,1-3,12-15,27-28H2,(H,29,36)(H,30,34)(H,31,35)(H,37,38)/t20-,21-,22-/m0/s1. The number of nitrogens with one attached hydrogen (secondary N) is 3. The molecule has 0 aliphatic rings. The average molecular weight is 530 g/mol. The number of unbranched alkanes of at least 4 members (excludes halogenated alkanes) is 1. The zero-order valence-electron chi connectivity index (χ0n) is 20.9. The topological polar surface area (TPSA) is 217 Å². The minimum Gasteiger partial charge on any atom is -0.508 e. The largest absolute Gasteiger partial charge is 0.508 e. The van der Waals surface area contributed by atoms with Crippen LogP contribution in [-0.2, 0) is 32.0 Å². The Morgan fingerprint density at radius 3 is 1.84 bits per heavy atom. The molecule has 12 nitrogen and oxygen atoms in total. The van der Waals surface area contributed by atoms with Crippen LogP contribution in [0, 0.1) is 0 Å². The van der Waals surface area contributed by atoms with E-state index in [1.54, 1.807) is 24.3 Å². The first-order valence-electron chi connectivity index (χ1n) is 12.2. The van der Waals surface area contributed by atoms with Crippen LogP contribution >= 0.6 is 0 Å². The van der Waals surface area contributed by atoms with Crippen molar-refractivity contribution in [3.8, 4) is 11.5 Å². The van der Waals surface area contributed by atoms with E-state index in [1.807, 2.05) is 0 Å². The summed E-state index contributed by atoms with van der Waals surface area (Å²) in [5.74, 6) is -3.06. The van der Waals surface area contributed by atoms with Crippen molar-refractivity contribution in [1.82, 2.24) is 16.0 Å². The van der Waals surface area contributed by atoms with E-state index in [0.717, 1.165) is 0 Å². The Morgan fingerprint density at radius 1 is 0.763 bits per heavy atom. The van der Waals surface area contributed by atoms with E-state index in [4.69, 9.17) is 11.5 Å². The molecule has 206 valence electrons. The van der Waals surface area contributed by atoms with E-state index < -0.39 is 48.4 Å². The summed E-state index contributed by atoms with van der Waals surface area (Å²) >= 11 is 0. The second kappa shape index (κ2) is 15.2. The molecule has 12 heteroatoms. The molecule has 0 saturated heterocycles. The van der Waals surface area contributed by atoms with Gasteiger partial charge >= 0.3 is 5.97 Å². The molecule has 0 saturated carbocycles. The predicted molar refractivity (Wildman–Crippen MR) is 139 cm³/mol. The number of amides is 3. The van der Waals surface area contributed by atoms with Gasteiger partial charge in [0, 0.05) is 6.42 Å². The van der Waals surface area contributed by atoms with Crippen molar-refractivity contribution in [2.45, 2.75) is 50.2 Å². The Morgan fingerprint density at radius 2 is 1.32 bits per heavy atom. The third kappa shape index (κ3) is 10.4. The lowest BCUT2D eigenvalue weighted by Gasteiger charge is -2.21. The number of phenolic OH excluding ortho intramolecular Hbond substituents is 2. The molecule has 0 radical (unpaired) electrons. The van der Waals surface area contributed by atoms with Crippen molar-refractivity contribution in [3.63, 3.8) is 0 Å². The maximum Gasteiger partial charge on any atom is 0.326 e. The SMILES string of the molecule is NCCCC[C@H](NC(=O)CNC(=O)[C@H](Cc1ccc(O)cc1)NC(=O)[C@@H](N)Cc1ccc(O)cc1)C(=O)O. The summed E-state index contributed by atoms with van der Waals surface area (Å²) in [6.07, 6.45) is 1.53. The van der Waals surface area contributed by atoms with E-state index in [0.29, 0.717) is 30.5 Å². The highest BCUT2D eigenvalue weighted by molar-refractivity contribution is 5.92. The normalized spacial score (nSPS) is 13.1. The van der Waals surface area contributed by atoms with Crippen LogP contribution in [0.2, 0.25) is 0 Å². The second-order valence-electron chi connectivity index (χ2n) is 8.87. The first-order valence-corrected chi connectivity index (χ1v) is 12.2. The van der Waals surface area contributed by atoms with Gasteiger partial charge in [0.05, 0.1) is 12.6 Å². The molecule has 38 heavy (non-hydrogen) atoms. The highest BCUT2D eigenvalue weighted by Gasteiger charge is 2.26. The van der Waals surface area contributed by atoms with E-state index in [2.05, 4.69) is 16.0 Å². The monoisotopic (exact) mass is 529 g/mol. The molecule has 0 fully saturated rings. The minimum atomic E-state index is -1.19. The molecule has 3 atom stereocenters. The molecule has 0 aliphatic carbocycles. The number of carbonyl (C=O) groups is 4. The number of carboxylic acids is 1. The van der Waals surface area contributed by atoms with Crippen LogP contribution in [0.4, 0.5) is 0 Å². The van der Waals surface area contributed by atoms with Gasteiger partial charge in [-0.25, -0.2) is 4.79 Å². The number of carboxylic acid groups (broad SMARTS) is 1. The van der Waals surface area contributed by atoms with Crippen molar-refractivity contribution in [1.29, 1.82) is 0 Å². The fourth-order valence-corrected chi connectivity index (χ4v) is 3.62. The van der Waals surface area contributed by atoms with Gasteiger partial charge in [0.25, 0.3) is 0 Å². The number of aliphatic carboxylic acids is 1. The zero-order chi connectivity index (χ0) is 28.1. The van der Waals surface area contributed by atoms with Crippen LogP contribution in [0.1, 0.15) is 30.4 Å². The Labute approximate surface area is 220 Å². The predicted octanol–water partition coefficient (Wildman–Crippen LogP) is -0.490. The van der Waals surface area contributed by atoms with Crippen molar-refractivity contribution in [2.24, 2.45) is 11.5 Å². The fourth-order valence-electron chi connectivity index (χ4n) is 3.62. The van der Waals surface area contributed by atoms with Gasteiger partial charge in [-0.2, -0.15) is 0 Å². The third-order valence-corrected chi connectivity index (χ3v) is 5.74. The maximum atomic E-state index is 12.9. The van der Waals surface area contributed by atoms with Crippen molar-refractivity contribution >= 4 is 23.7 Å². The van der Waals surface area contributed by atoms with E-state index >= 15 is 0 Å². The van der Waals surface area contributed by atoms with Gasteiger partial charge in [-0.1, -0.05) is 24.3 Å². The Kier molecular flexibility index (Phi) is 12.0. The zero-order valence-corrected chi connectivity index (χ0v) is 20.9. The van der Waals surface area contributed by atoms with Crippen LogP contribution in [0.3, 0.4) is 0 Å². The molecule has 10 N–H and O–H groups in total. The van der Waals surface area contributed by atoms with Gasteiger partial charge in [-0.05, 0) is 67.6 Å². The number of rotatable bonds is 15. The van der Waals surface area contributed by atoms with Gasteiger partial charge in [0.2, 0.25) is 17.7 Å². The highest BCUT2D eigenvalue weighted by Crippen LogP contribution is 2.13. The minimum absolute atomic E-state index is 0.0332. The molecule has 2 aromatic carbocycles. The number of aromatic hydroxyl groups is 2. The summed E-state index contributed by atoms with van der Waals surface area (Å²) < 4.78 is 0. The van der Waals surface area contributed by atoms with Crippen molar-refractivity contribution in [3.05, 3.63) is 59.7 Å². The molecule has 0 aromatic heterocycles. The number of nitrogens with two attached hydrogens (primary N) is 2. The number of carbonyl (C=O) groups excluding carboxylic acids is 3. The Balaban J connectivity index is 2.03. The summed E-state index contributed by atoms with van der Waals surface area (Å²) in [6, 6.07) is 9.03. The van der Waals surface area contributed by atoms with Crippen LogP contribution < -0.4 is 27.4 Å². The number of hydrogen-bond donors (Lipinski definition) is 8. The lowest BCUT2D eigenvalue weighted by atomic mass is 10.0. The average Bonchev–Trinajstić information content (AvgIpc) is 2.88. The summed E-state index contributed by atoms with van der Waals surface area (Å²) in [4.78, 5) is 49.5.